The summed E-state index contributed by atoms with van der Waals surface area (Å²) in [7, 11) is -3.61. The predicted molar refractivity (Wildman–Crippen MR) is 135 cm³/mol. The van der Waals surface area contributed by atoms with Crippen molar-refractivity contribution in [2.24, 2.45) is 52.3 Å². The highest BCUT2D eigenvalue weighted by atomic mass is 32.2. The summed E-state index contributed by atoms with van der Waals surface area (Å²) in [5, 5.41) is 31.1. The first-order valence-electron chi connectivity index (χ1n) is 13.9. The number of aliphatic hydroxyl groups excluding tert-OH is 2. The normalized spacial score (nSPS) is 46.3. The summed E-state index contributed by atoms with van der Waals surface area (Å²) in [6.45, 7) is 9.47. The van der Waals surface area contributed by atoms with Gasteiger partial charge in [-0.05, 0) is 97.2 Å². The van der Waals surface area contributed by atoms with Crippen molar-refractivity contribution < 1.29 is 28.5 Å². The summed E-state index contributed by atoms with van der Waals surface area (Å²) < 4.78 is 27.2. The van der Waals surface area contributed by atoms with E-state index < -0.39 is 16.0 Å². The molecule has 0 saturated heterocycles. The van der Waals surface area contributed by atoms with Crippen molar-refractivity contribution in [1.82, 2.24) is 4.72 Å². The Labute approximate surface area is 211 Å². The van der Waals surface area contributed by atoms with Gasteiger partial charge in [-0.15, -0.1) is 0 Å². The van der Waals surface area contributed by atoms with Crippen molar-refractivity contribution in [2.45, 2.75) is 97.7 Å². The molecule has 0 amide bonds. The first-order valence-corrected chi connectivity index (χ1v) is 15.5. The molecular formula is C27H47NO6S. The van der Waals surface area contributed by atoms with E-state index in [2.05, 4.69) is 32.4 Å². The predicted octanol–water partition coefficient (Wildman–Crippen LogP) is 3.64. The minimum absolute atomic E-state index is 0.0732. The molecule has 4 fully saturated rings. The van der Waals surface area contributed by atoms with Gasteiger partial charge in [0.05, 0.1) is 24.4 Å². The largest absolute Gasteiger partial charge is 0.481 e. The second-order valence-corrected chi connectivity index (χ2v) is 14.8. The van der Waals surface area contributed by atoms with Gasteiger partial charge in [0.25, 0.3) is 0 Å². The molecule has 4 aliphatic carbocycles. The van der Waals surface area contributed by atoms with E-state index in [0.29, 0.717) is 30.2 Å². The standard InChI is InChI=1S/C27H47NO6S/c1-5-18-22-14-17(29)8-11-27(22,4)21-9-12-26(3)19(6-7-20(26)24(21)25(18)32)16(2)15-28-35(33,34)13-10-23(30)31/h16-22,24-25,28-29,32H,5-15H2,1-4H3,(H,30,31)/t16-,17-,18-,19-,20+,21+,22?,24+,25-,26?,27?/m1/s1. The topological polar surface area (TPSA) is 124 Å². The van der Waals surface area contributed by atoms with Gasteiger partial charge in [0.15, 0.2) is 0 Å². The first-order chi connectivity index (χ1) is 16.3. The quantitative estimate of drug-likeness (QED) is 0.393. The number of aliphatic hydroxyl groups is 2. The molecule has 4 aliphatic rings. The van der Waals surface area contributed by atoms with E-state index in [-0.39, 0.29) is 53.0 Å². The number of nitrogens with one attached hydrogen (secondary N) is 1. The van der Waals surface area contributed by atoms with E-state index in [0.717, 1.165) is 51.4 Å². The van der Waals surface area contributed by atoms with E-state index in [1.165, 1.54) is 0 Å². The van der Waals surface area contributed by atoms with Gasteiger partial charge < -0.3 is 15.3 Å². The summed E-state index contributed by atoms with van der Waals surface area (Å²) in [6.07, 6.45) is 7.05. The van der Waals surface area contributed by atoms with Gasteiger partial charge in [-0.25, -0.2) is 13.1 Å². The molecule has 0 aromatic carbocycles. The SMILES string of the molecule is CC[C@@H]1C2C[C@H](O)CCC2(C)[C@H]2CCC3(C)[C@@H]([C@H](C)CNS(=O)(=O)CCC(=O)O)CC[C@H]3[C@@H]2[C@@H]1O. The summed E-state index contributed by atoms with van der Waals surface area (Å²) in [5.41, 5.74) is 0.248. The Morgan fingerprint density at radius 1 is 1.03 bits per heavy atom. The van der Waals surface area contributed by atoms with Crippen molar-refractivity contribution in [3.8, 4) is 0 Å². The zero-order valence-electron chi connectivity index (χ0n) is 21.9. The van der Waals surface area contributed by atoms with E-state index in [4.69, 9.17) is 5.11 Å². The van der Waals surface area contributed by atoms with Crippen LogP contribution < -0.4 is 4.72 Å². The average molecular weight is 514 g/mol. The number of sulfonamides is 1. The summed E-state index contributed by atoms with van der Waals surface area (Å²) in [4.78, 5) is 10.8. The lowest BCUT2D eigenvalue weighted by Gasteiger charge is -2.64. The van der Waals surface area contributed by atoms with Gasteiger partial charge in [0.2, 0.25) is 10.0 Å². The van der Waals surface area contributed by atoms with Crippen molar-refractivity contribution in [2.75, 3.05) is 12.3 Å². The lowest BCUT2D eigenvalue weighted by molar-refractivity contribution is -0.203. The second-order valence-electron chi connectivity index (χ2n) is 12.9. The molecule has 3 unspecified atom stereocenters. The van der Waals surface area contributed by atoms with Gasteiger partial charge in [0, 0.05) is 6.54 Å². The Balaban J connectivity index is 1.51. The van der Waals surface area contributed by atoms with Crippen LogP contribution in [0.3, 0.4) is 0 Å². The molecule has 0 aliphatic heterocycles. The fraction of sp³-hybridized carbons (Fsp3) is 0.963. The smallest absolute Gasteiger partial charge is 0.304 e. The third kappa shape index (κ3) is 4.82. The summed E-state index contributed by atoms with van der Waals surface area (Å²) >= 11 is 0. The van der Waals surface area contributed by atoms with Crippen LogP contribution in [0.4, 0.5) is 0 Å². The van der Waals surface area contributed by atoms with Crippen LogP contribution in [0.15, 0.2) is 0 Å². The van der Waals surface area contributed by atoms with Crippen molar-refractivity contribution in [3.05, 3.63) is 0 Å². The number of hydrogen-bond acceptors (Lipinski definition) is 5. The van der Waals surface area contributed by atoms with Crippen LogP contribution in [0.1, 0.15) is 85.5 Å². The number of carboxylic acid groups (broad SMARTS) is 1. The molecular weight excluding hydrogens is 466 g/mol. The monoisotopic (exact) mass is 513 g/mol. The zero-order chi connectivity index (χ0) is 25.8. The van der Waals surface area contributed by atoms with Crippen LogP contribution in [0, 0.1) is 52.3 Å². The number of carboxylic acids is 1. The van der Waals surface area contributed by atoms with Crippen LogP contribution >= 0.6 is 0 Å². The number of hydrogen-bond donors (Lipinski definition) is 4. The molecule has 0 spiro atoms. The minimum Gasteiger partial charge on any atom is -0.481 e. The van der Waals surface area contributed by atoms with Crippen molar-refractivity contribution >= 4 is 16.0 Å². The van der Waals surface area contributed by atoms with Gasteiger partial charge in [-0.1, -0.05) is 34.1 Å². The van der Waals surface area contributed by atoms with Crippen LogP contribution in [0.5, 0.6) is 0 Å². The lowest BCUT2D eigenvalue weighted by atomic mass is 9.41. The maximum absolute atomic E-state index is 12.3. The summed E-state index contributed by atoms with van der Waals surface area (Å²) in [6, 6.07) is 0. The molecule has 35 heavy (non-hydrogen) atoms. The fourth-order valence-corrected chi connectivity index (χ4v) is 10.7. The molecule has 4 N–H and O–H groups in total. The highest BCUT2D eigenvalue weighted by molar-refractivity contribution is 7.89. The van der Waals surface area contributed by atoms with Gasteiger partial charge in [-0.3, -0.25) is 4.79 Å². The first kappa shape index (κ1) is 27.3. The van der Waals surface area contributed by atoms with Gasteiger partial charge in [-0.2, -0.15) is 0 Å². The molecule has 0 aromatic rings. The van der Waals surface area contributed by atoms with Crippen LogP contribution in [-0.4, -0.2) is 54.2 Å². The van der Waals surface area contributed by atoms with E-state index in [9.17, 15) is 23.4 Å². The molecule has 0 heterocycles. The molecule has 4 saturated carbocycles. The number of aliphatic carboxylic acids is 1. The van der Waals surface area contributed by atoms with Gasteiger partial charge in [0.1, 0.15) is 0 Å². The second kappa shape index (κ2) is 9.88. The van der Waals surface area contributed by atoms with E-state index in [1.807, 2.05) is 0 Å². The number of rotatable bonds is 8. The third-order valence-corrected chi connectivity index (χ3v) is 12.7. The Morgan fingerprint density at radius 2 is 1.69 bits per heavy atom. The zero-order valence-corrected chi connectivity index (χ0v) is 22.8. The van der Waals surface area contributed by atoms with Crippen molar-refractivity contribution in [3.63, 3.8) is 0 Å². The van der Waals surface area contributed by atoms with Crippen LogP contribution in [-0.2, 0) is 14.8 Å². The molecule has 11 atom stereocenters. The molecule has 0 radical (unpaired) electrons. The number of carbonyl (C=O) groups is 1. The third-order valence-electron chi connectivity index (χ3n) is 11.4. The fourth-order valence-electron chi connectivity index (χ4n) is 9.63. The number of fused-ring (bicyclic) bond motifs is 5. The highest BCUT2D eigenvalue weighted by Crippen LogP contribution is 2.69. The Morgan fingerprint density at radius 3 is 2.34 bits per heavy atom. The van der Waals surface area contributed by atoms with E-state index >= 15 is 0 Å². The summed E-state index contributed by atoms with van der Waals surface area (Å²) in [5.74, 6) is 0.849. The molecule has 8 heteroatoms. The highest BCUT2D eigenvalue weighted by Gasteiger charge is 2.64. The Hall–Kier alpha value is -0.700. The minimum atomic E-state index is -3.61. The molecule has 4 rings (SSSR count). The maximum atomic E-state index is 12.3. The van der Waals surface area contributed by atoms with Gasteiger partial charge >= 0.3 is 5.97 Å². The molecule has 7 nitrogen and oxygen atoms in total. The van der Waals surface area contributed by atoms with Crippen LogP contribution in [0.25, 0.3) is 0 Å². The van der Waals surface area contributed by atoms with Crippen molar-refractivity contribution in [1.29, 1.82) is 0 Å². The lowest BCUT2D eigenvalue weighted by Crippen LogP contribution is -2.62. The molecule has 202 valence electrons. The van der Waals surface area contributed by atoms with E-state index in [1.54, 1.807) is 0 Å². The Kier molecular flexibility index (Phi) is 7.72. The average Bonchev–Trinajstić information content (AvgIpc) is 3.15. The molecule has 0 aromatic heterocycles. The maximum Gasteiger partial charge on any atom is 0.304 e. The van der Waals surface area contributed by atoms with Crippen LogP contribution in [0.2, 0.25) is 0 Å². The molecule has 0 bridgehead atoms. The Bertz CT molecular complexity index is 894.